The Bertz CT molecular complexity index is 738. The molecule has 2 aromatic rings. The van der Waals surface area contributed by atoms with Crippen molar-refractivity contribution >= 4 is 11.3 Å². The Labute approximate surface area is 160 Å². The van der Waals surface area contributed by atoms with Crippen LogP contribution in [0, 0.1) is 6.92 Å². The minimum Gasteiger partial charge on any atom is -0.376 e. The molecule has 1 fully saturated rings. The molecule has 0 saturated carbocycles. The molecule has 0 aliphatic carbocycles. The van der Waals surface area contributed by atoms with Crippen molar-refractivity contribution < 1.29 is 4.74 Å². The molecule has 26 heavy (non-hydrogen) atoms. The zero-order valence-electron chi connectivity index (χ0n) is 16.0. The third-order valence-electron chi connectivity index (χ3n) is 5.51. The number of rotatable bonds is 5. The van der Waals surface area contributed by atoms with E-state index in [1.54, 1.807) is 0 Å². The van der Waals surface area contributed by atoms with Gasteiger partial charge in [0.1, 0.15) is 0 Å². The Morgan fingerprint density at radius 2 is 1.92 bits per heavy atom. The average Bonchev–Trinajstić information content (AvgIpc) is 3.14. The summed E-state index contributed by atoms with van der Waals surface area (Å²) in [7, 11) is 0. The first-order valence-corrected chi connectivity index (χ1v) is 10.7. The molecule has 2 aromatic heterocycles. The minimum atomic E-state index is 0.738. The van der Waals surface area contributed by atoms with Gasteiger partial charge >= 0.3 is 0 Å². The smallest absolute Gasteiger partial charge is 0.0822 e. The Morgan fingerprint density at radius 1 is 1.12 bits per heavy atom. The molecule has 0 spiro atoms. The van der Waals surface area contributed by atoms with Gasteiger partial charge in [-0.05, 0) is 45.5 Å². The highest BCUT2D eigenvalue weighted by Gasteiger charge is 2.23. The van der Waals surface area contributed by atoms with Gasteiger partial charge in [-0.25, -0.2) is 0 Å². The summed E-state index contributed by atoms with van der Waals surface area (Å²) in [5.74, 6) is 0. The van der Waals surface area contributed by atoms with Crippen molar-refractivity contribution in [3.63, 3.8) is 0 Å². The van der Waals surface area contributed by atoms with Crippen LogP contribution in [0.2, 0.25) is 0 Å². The molecule has 6 heteroatoms. The van der Waals surface area contributed by atoms with Crippen molar-refractivity contribution in [2.45, 2.75) is 52.9 Å². The molecular weight excluding hydrogens is 344 g/mol. The molecule has 0 aromatic carbocycles. The number of fused-ring (bicyclic) bond motifs is 1. The van der Waals surface area contributed by atoms with E-state index < -0.39 is 0 Å². The Balaban J connectivity index is 1.38. The van der Waals surface area contributed by atoms with E-state index in [0.29, 0.717) is 0 Å². The molecule has 0 bridgehead atoms. The van der Waals surface area contributed by atoms with Gasteiger partial charge in [0.15, 0.2) is 0 Å². The van der Waals surface area contributed by atoms with Crippen LogP contribution in [0.4, 0.5) is 0 Å². The van der Waals surface area contributed by atoms with E-state index in [-0.39, 0.29) is 0 Å². The van der Waals surface area contributed by atoms with E-state index in [9.17, 15) is 0 Å². The lowest BCUT2D eigenvalue weighted by molar-refractivity contribution is 0.107. The summed E-state index contributed by atoms with van der Waals surface area (Å²) in [6.45, 7) is 13.6. The Kier molecular flexibility index (Phi) is 5.74. The summed E-state index contributed by atoms with van der Waals surface area (Å²) >= 11 is 1.93. The molecule has 0 atom stereocenters. The number of aryl methyl sites for hydroxylation is 2. The van der Waals surface area contributed by atoms with E-state index in [0.717, 1.165) is 58.9 Å². The van der Waals surface area contributed by atoms with Gasteiger partial charge in [-0.1, -0.05) is 0 Å². The molecule has 0 N–H and O–H groups in total. The van der Waals surface area contributed by atoms with Gasteiger partial charge in [0.2, 0.25) is 0 Å². The Morgan fingerprint density at radius 3 is 2.65 bits per heavy atom. The standard InChI is InChI=1S/C20H30N4OS/c1-3-24-20-7-12-25-15-18(20)19(21-24)14-23-9-4-8-22(10-11-23)13-17-6-5-16(2)26-17/h5-6H,3-4,7-15H2,1-2H3. The second-order valence-electron chi connectivity index (χ2n) is 7.41. The second-order valence-corrected chi connectivity index (χ2v) is 8.78. The van der Waals surface area contributed by atoms with E-state index in [4.69, 9.17) is 9.84 Å². The van der Waals surface area contributed by atoms with Crippen LogP contribution in [-0.2, 0) is 37.4 Å². The van der Waals surface area contributed by atoms with Crippen LogP contribution in [0.3, 0.4) is 0 Å². The largest absolute Gasteiger partial charge is 0.376 e. The molecule has 4 rings (SSSR count). The van der Waals surface area contributed by atoms with Gasteiger partial charge in [0.05, 0.1) is 18.9 Å². The first kappa shape index (κ1) is 18.2. The first-order valence-electron chi connectivity index (χ1n) is 9.88. The van der Waals surface area contributed by atoms with Crippen molar-refractivity contribution in [1.82, 2.24) is 19.6 Å². The van der Waals surface area contributed by atoms with E-state index in [1.165, 1.54) is 39.7 Å². The third-order valence-corrected chi connectivity index (χ3v) is 6.49. The lowest BCUT2D eigenvalue weighted by atomic mass is 10.1. The molecular formula is C20H30N4OS. The van der Waals surface area contributed by atoms with E-state index in [2.05, 4.69) is 40.5 Å². The molecule has 2 aliphatic rings. The summed E-state index contributed by atoms with van der Waals surface area (Å²) in [5, 5.41) is 4.91. The van der Waals surface area contributed by atoms with Crippen LogP contribution in [-0.4, -0.2) is 52.4 Å². The molecule has 142 valence electrons. The van der Waals surface area contributed by atoms with Gasteiger partial charge in [0.25, 0.3) is 0 Å². The molecule has 0 radical (unpaired) electrons. The fraction of sp³-hybridized carbons (Fsp3) is 0.650. The lowest BCUT2D eigenvalue weighted by Gasteiger charge is -2.21. The number of nitrogens with zero attached hydrogens (tertiary/aromatic N) is 4. The van der Waals surface area contributed by atoms with Gasteiger partial charge in [-0.3, -0.25) is 14.5 Å². The fourth-order valence-corrected chi connectivity index (χ4v) is 5.04. The normalized spacial score (nSPS) is 19.5. The van der Waals surface area contributed by atoms with E-state index >= 15 is 0 Å². The lowest BCUT2D eigenvalue weighted by Crippen LogP contribution is -2.30. The second kappa shape index (κ2) is 8.21. The zero-order valence-corrected chi connectivity index (χ0v) is 16.9. The molecule has 0 amide bonds. The maximum absolute atomic E-state index is 5.71. The molecule has 1 saturated heterocycles. The maximum atomic E-state index is 5.71. The fourth-order valence-electron chi connectivity index (χ4n) is 4.11. The predicted molar refractivity (Wildman–Crippen MR) is 105 cm³/mol. The number of ether oxygens (including phenoxy) is 1. The number of hydrogen-bond donors (Lipinski definition) is 0. The SMILES string of the molecule is CCn1nc(CN2CCCN(Cc3ccc(C)s3)CC2)c2c1CCOC2. The van der Waals surface area contributed by atoms with Crippen molar-refractivity contribution in [3.05, 3.63) is 38.8 Å². The number of hydrogen-bond acceptors (Lipinski definition) is 5. The highest BCUT2D eigenvalue weighted by atomic mass is 32.1. The highest BCUT2D eigenvalue weighted by molar-refractivity contribution is 7.11. The van der Waals surface area contributed by atoms with Crippen molar-refractivity contribution in [2.75, 3.05) is 32.8 Å². The van der Waals surface area contributed by atoms with Crippen LogP contribution >= 0.6 is 11.3 Å². The zero-order chi connectivity index (χ0) is 17.9. The van der Waals surface area contributed by atoms with Gasteiger partial charge in [-0.2, -0.15) is 5.10 Å². The van der Waals surface area contributed by atoms with Crippen molar-refractivity contribution in [2.24, 2.45) is 0 Å². The topological polar surface area (TPSA) is 33.5 Å². The highest BCUT2D eigenvalue weighted by Crippen LogP contribution is 2.23. The van der Waals surface area contributed by atoms with Crippen molar-refractivity contribution in [1.29, 1.82) is 0 Å². The van der Waals surface area contributed by atoms with Gasteiger partial charge < -0.3 is 4.74 Å². The Hall–Kier alpha value is -1.21. The number of thiophene rings is 1. The average molecular weight is 375 g/mol. The summed E-state index contributed by atoms with van der Waals surface area (Å²) < 4.78 is 7.91. The third kappa shape index (κ3) is 4.03. The molecule has 4 heterocycles. The summed E-state index contributed by atoms with van der Waals surface area (Å²) in [6, 6.07) is 4.52. The number of aromatic nitrogens is 2. The minimum absolute atomic E-state index is 0.738. The van der Waals surface area contributed by atoms with Crippen molar-refractivity contribution in [3.8, 4) is 0 Å². The van der Waals surface area contributed by atoms with Crippen LogP contribution in [0.1, 0.15) is 40.1 Å². The van der Waals surface area contributed by atoms with Gasteiger partial charge in [-0.15, -0.1) is 11.3 Å². The molecule has 0 unspecified atom stereocenters. The summed E-state index contributed by atoms with van der Waals surface area (Å²) in [6.07, 6.45) is 2.24. The van der Waals surface area contributed by atoms with Gasteiger partial charge in [0, 0.05) is 60.2 Å². The first-order chi connectivity index (χ1) is 12.7. The van der Waals surface area contributed by atoms with E-state index in [1.807, 2.05) is 11.3 Å². The van der Waals surface area contributed by atoms with Crippen LogP contribution < -0.4 is 0 Å². The molecule has 2 aliphatic heterocycles. The monoisotopic (exact) mass is 374 g/mol. The molecule has 5 nitrogen and oxygen atoms in total. The van der Waals surface area contributed by atoms with Crippen LogP contribution in [0.25, 0.3) is 0 Å². The predicted octanol–water partition coefficient (Wildman–Crippen LogP) is 3.05. The van der Waals surface area contributed by atoms with Crippen LogP contribution in [0.5, 0.6) is 0 Å². The van der Waals surface area contributed by atoms with Crippen LogP contribution in [0.15, 0.2) is 12.1 Å². The quantitative estimate of drug-likeness (QED) is 0.805. The summed E-state index contributed by atoms with van der Waals surface area (Å²) in [5.41, 5.74) is 4.00. The summed E-state index contributed by atoms with van der Waals surface area (Å²) in [4.78, 5) is 8.09. The maximum Gasteiger partial charge on any atom is 0.0822 e.